The van der Waals surface area contributed by atoms with Gasteiger partial charge >= 0.3 is 0 Å². The molecule has 0 heterocycles. The van der Waals surface area contributed by atoms with Crippen LogP contribution in [0.15, 0.2) is 4.99 Å². The van der Waals surface area contributed by atoms with E-state index < -0.39 is 0 Å². The van der Waals surface area contributed by atoms with Gasteiger partial charge in [0.15, 0.2) is 5.96 Å². The van der Waals surface area contributed by atoms with E-state index in [9.17, 15) is 9.59 Å². The lowest BCUT2D eigenvalue weighted by atomic mass is 9.95. The van der Waals surface area contributed by atoms with Gasteiger partial charge in [-0.15, -0.1) is 24.0 Å². The second-order valence-corrected chi connectivity index (χ2v) is 7.57. The number of guanidine groups is 1. The number of hydrogen-bond acceptors (Lipinski definition) is 3. The van der Waals surface area contributed by atoms with Crippen molar-refractivity contribution < 1.29 is 9.59 Å². The van der Waals surface area contributed by atoms with Crippen molar-refractivity contribution in [1.29, 1.82) is 0 Å². The second kappa shape index (κ2) is 13.2. The number of carbonyl (C=O) groups is 2. The van der Waals surface area contributed by atoms with Crippen LogP contribution in [-0.2, 0) is 9.59 Å². The molecule has 0 atom stereocenters. The van der Waals surface area contributed by atoms with Gasteiger partial charge in [0.1, 0.15) is 6.54 Å². The third-order valence-corrected chi connectivity index (χ3v) is 3.85. The van der Waals surface area contributed by atoms with Gasteiger partial charge < -0.3 is 21.3 Å². The Morgan fingerprint density at radius 3 is 2.27 bits per heavy atom. The Labute approximate surface area is 174 Å². The van der Waals surface area contributed by atoms with Crippen LogP contribution in [0.3, 0.4) is 0 Å². The summed E-state index contributed by atoms with van der Waals surface area (Å²) in [5.74, 6) is 0.498. The van der Waals surface area contributed by atoms with Gasteiger partial charge in [-0.2, -0.15) is 0 Å². The van der Waals surface area contributed by atoms with Crippen molar-refractivity contribution in [3.05, 3.63) is 0 Å². The molecule has 26 heavy (non-hydrogen) atoms. The number of carbonyl (C=O) groups excluding carboxylic acids is 2. The maximum Gasteiger partial charge on any atom is 0.242 e. The number of nitrogens with one attached hydrogen (secondary N) is 4. The standard InChI is InChI=1S/C18H35N5O2.HI/c1-5-19-17(21-13-16(25)23-18(2,3)4)20-12-11-15(24)22-14-9-7-6-8-10-14;/h14H,5-13H2,1-4H3,(H,22,24)(H,23,25)(H2,19,20,21);1H. The molecule has 0 aromatic carbocycles. The number of aliphatic imine (C=N–C) groups is 1. The highest BCUT2D eigenvalue weighted by molar-refractivity contribution is 14.0. The molecule has 1 rings (SSSR count). The first-order valence-corrected chi connectivity index (χ1v) is 9.42. The van der Waals surface area contributed by atoms with E-state index >= 15 is 0 Å². The Hall–Kier alpha value is -1.06. The van der Waals surface area contributed by atoms with Crippen LogP contribution < -0.4 is 21.3 Å². The monoisotopic (exact) mass is 481 g/mol. The fourth-order valence-electron chi connectivity index (χ4n) is 2.79. The largest absolute Gasteiger partial charge is 0.357 e. The zero-order valence-corrected chi connectivity index (χ0v) is 18.9. The summed E-state index contributed by atoms with van der Waals surface area (Å²) in [6.07, 6.45) is 6.26. The third kappa shape index (κ3) is 12.3. The van der Waals surface area contributed by atoms with Crippen molar-refractivity contribution in [3.8, 4) is 0 Å². The van der Waals surface area contributed by atoms with Crippen molar-refractivity contribution in [1.82, 2.24) is 21.3 Å². The van der Waals surface area contributed by atoms with E-state index in [1.165, 1.54) is 19.3 Å². The van der Waals surface area contributed by atoms with E-state index in [2.05, 4.69) is 26.3 Å². The van der Waals surface area contributed by atoms with E-state index in [0.29, 0.717) is 31.5 Å². The number of halogens is 1. The fraction of sp³-hybridized carbons (Fsp3) is 0.833. The molecular weight excluding hydrogens is 445 g/mol. The third-order valence-electron chi connectivity index (χ3n) is 3.85. The van der Waals surface area contributed by atoms with E-state index in [1.807, 2.05) is 27.7 Å². The molecule has 0 aliphatic heterocycles. The van der Waals surface area contributed by atoms with Crippen LogP contribution in [0.5, 0.6) is 0 Å². The summed E-state index contributed by atoms with van der Waals surface area (Å²) in [7, 11) is 0. The van der Waals surface area contributed by atoms with E-state index in [1.54, 1.807) is 0 Å². The molecule has 152 valence electrons. The minimum absolute atomic E-state index is 0. The average molecular weight is 481 g/mol. The molecule has 2 amide bonds. The molecule has 0 bridgehead atoms. The minimum atomic E-state index is -0.268. The fourth-order valence-corrected chi connectivity index (χ4v) is 2.79. The smallest absolute Gasteiger partial charge is 0.242 e. The number of hydrogen-bond donors (Lipinski definition) is 4. The topological polar surface area (TPSA) is 94.6 Å². The van der Waals surface area contributed by atoms with E-state index in [-0.39, 0.29) is 47.9 Å². The van der Waals surface area contributed by atoms with Gasteiger partial charge in [0.25, 0.3) is 0 Å². The number of amides is 2. The summed E-state index contributed by atoms with van der Waals surface area (Å²) in [6.45, 7) is 9.00. The van der Waals surface area contributed by atoms with Crippen LogP contribution in [-0.4, -0.2) is 49.0 Å². The highest BCUT2D eigenvalue weighted by Gasteiger charge is 2.15. The summed E-state index contributed by atoms with van der Waals surface area (Å²) in [5.41, 5.74) is -0.268. The van der Waals surface area contributed by atoms with Gasteiger partial charge in [-0.3, -0.25) is 9.59 Å². The van der Waals surface area contributed by atoms with Crippen LogP contribution in [0.1, 0.15) is 66.2 Å². The summed E-state index contributed by atoms with van der Waals surface area (Å²) in [6, 6.07) is 0.337. The van der Waals surface area contributed by atoms with Gasteiger partial charge in [-0.1, -0.05) is 19.3 Å². The molecule has 0 saturated heterocycles. The highest BCUT2D eigenvalue weighted by atomic mass is 127. The highest BCUT2D eigenvalue weighted by Crippen LogP contribution is 2.17. The molecule has 0 radical (unpaired) electrons. The predicted molar refractivity (Wildman–Crippen MR) is 117 cm³/mol. The number of rotatable bonds is 7. The van der Waals surface area contributed by atoms with Gasteiger partial charge in [0.05, 0.1) is 0 Å². The van der Waals surface area contributed by atoms with Gasteiger partial charge in [0, 0.05) is 31.1 Å². The first-order valence-electron chi connectivity index (χ1n) is 9.42. The Balaban J connectivity index is 0.00000625. The molecule has 1 saturated carbocycles. The Kier molecular flexibility index (Phi) is 12.6. The minimum Gasteiger partial charge on any atom is -0.357 e. The first kappa shape index (κ1) is 24.9. The Bertz CT molecular complexity index is 457. The summed E-state index contributed by atoms with van der Waals surface area (Å²) < 4.78 is 0. The molecule has 1 aliphatic carbocycles. The van der Waals surface area contributed by atoms with Crippen LogP contribution in [0.2, 0.25) is 0 Å². The molecule has 1 aliphatic rings. The lowest BCUT2D eigenvalue weighted by molar-refractivity contribution is -0.122. The summed E-state index contributed by atoms with van der Waals surface area (Å²) >= 11 is 0. The lowest BCUT2D eigenvalue weighted by Gasteiger charge is -2.22. The van der Waals surface area contributed by atoms with Crippen molar-refractivity contribution in [2.75, 3.05) is 19.6 Å². The molecule has 8 heteroatoms. The normalized spacial score (nSPS) is 15.6. The number of nitrogens with zero attached hydrogens (tertiary/aromatic N) is 1. The first-order chi connectivity index (χ1) is 11.8. The van der Waals surface area contributed by atoms with Crippen molar-refractivity contribution in [3.63, 3.8) is 0 Å². The predicted octanol–water partition coefficient (Wildman–Crippen LogP) is 1.91. The van der Waals surface area contributed by atoms with Crippen LogP contribution in [0.25, 0.3) is 0 Å². The molecule has 7 nitrogen and oxygen atoms in total. The molecule has 4 N–H and O–H groups in total. The zero-order chi connectivity index (χ0) is 18.7. The molecule has 1 fully saturated rings. The van der Waals surface area contributed by atoms with Gasteiger partial charge in [-0.05, 0) is 40.5 Å². The summed E-state index contributed by atoms with van der Waals surface area (Å²) in [5, 5.41) is 12.2. The zero-order valence-electron chi connectivity index (χ0n) is 16.6. The summed E-state index contributed by atoms with van der Waals surface area (Å²) in [4.78, 5) is 28.1. The molecular formula is C18H36IN5O2. The van der Waals surface area contributed by atoms with Gasteiger partial charge in [0.2, 0.25) is 11.8 Å². The SMILES string of the molecule is CCNC(=NCC(=O)NC(C)(C)C)NCCC(=O)NC1CCCCC1.I. The average Bonchev–Trinajstić information content (AvgIpc) is 2.52. The van der Waals surface area contributed by atoms with E-state index in [0.717, 1.165) is 12.8 Å². The second-order valence-electron chi connectivity index (χ2n) is 7.57. The lowest BCUT2D eigenvalue weighted by Crippen LogP contribution is -2.44. The Morgan fingerprint density at radius 2 is 1.69 bits per heavy atom. The van der Waals surface area contributed by atoms with Crippen molar-refractivity contribution in [2.24, 2.45) is 4.99 Å². The van der Waals surface area contributed by atoms with Gasteiger partial charge in [-0.25, -0.2) is 4.99 Å². The molecule has 0 aromatic heterocycles. The van der Waals surface area contributed by atoms with Crippen LogP contribution in [0, 0.1) is 0 Å². The Morgan fingerprint density at radius 1 is 1.04 bits per heavy atom. The molecule has 0 spiro atoms. The quantitative estimate of drug-likeness (QED) is 0.254. The van der Waals surface area contributed by atoms with Crippen LogP contribution in [0.4, 0.5) is 0 Å². The van der Waals surface area contributed by atoms with E-state index in [4.69, 9.17) is 0 Å². The van der Waals surface area contributed by atoms with Crippen molar-refractivity contribution >= 4 is 41.8 Å². The van der Waals surface area contributed by atoms with Crippen molar-refractivity contribution in [2.45, 2.75) is 77.8 Å². The maximum atomic E-state index is 12.0. The molecule has 0 aromatic rings. The maximum absolute atomic E-state index is 12.0. The molecule has 0 unspecified atom stereocenters. The van der Waals surface area contributed by atoms with Crippen LogP contribution >= 0.6 is 24.0 Å².